The molecule has 0 heterocycles. The van der Waals surface area contributed by atoms with Gasteiger partial charge < -0.3 is 0 Å². The third-order valence-corrected chi connectivity index (χ3v) is 14.0. The quantitative estimate of drug-likeness (QED) is 0.154. The first-order chi connectivity index (χ1) is 25.2. The van der Waals surface area contributed by atoms with Gasteiger partial charge in [0.05, 0.1) is 0 Å². The van der Waals surface area contributed by atoms with E-state index in [4.69, 9.17) is 0 Å². The lowest BCUT2D eigenvalue weighted by molar-refractivity contribution is 0.697. The summed E-state index contributed by atoms with van der Waals surface area (Å²) >= 11 is 0. The number of fused-ring (bicyclic) bond motifs is 14. The van der Waals surface area contributed by atoms with Gasteiger partial charge in [-0.25, -0.2) is 0 Å². The summed E-state index contributed by atoms with van der Waals surface area (Å²) in [6.07, 6.45) is 19.3. The Balaban J connectivity index is 1.33. The maximum Gasteiger partial charge on any atom is 0.0205 e. The number of benzene rings is 4. The monoisotopic (exact) mass is 668 g/mol. The molecule has 0 atom stereocenters. The first-order valence-electron chi connectivity index (χ1n) is 19.3. The molecule has 0 saturated carbocycles. The van der Waals surface area contributed by atoms with Crippen LogP contribution in [-0.2, 0) is 0 Å². The van der Waals surface area contributed by atoms with E-state index in [-0.39, 0.29) is 0 Å². The van der Waals surface area contributed by atoms with E-state index >= 15 is 0 Å². The van der Waals surface area contributed by atoms with Crippen molar-refractivity contribution in [3.8, 4) is 44.5 Å². The van der Waals surface area contributed by atoms with Gasteiger partial charge in [0.2, 0.25) is 0 Å². The predicted molar refractivity (Wildman–Crippen MR) is 222 cm³/mol. The molecule has 0 unspecified atom stereocenters. The summed E-state index contributed by atoms with van der Waals surface area (Å²) in [6.45, 7) is 19.1. The van der Waals surface area contributed by atoms with Crippen LogP contribution in [0.15, 0.2) is 119 Å². The molecule has 0 fully saturated rings. The van der Waals surface area contributed by atoms with E-state index in [1.165, 1.54) is 111 Å². The third-order valence-electron chi connectivity index (χ3n) is 14.0. The highest BCUT2D eigenvalue weighted by atomic mass is 14.5. The molecule has 4 aromatic carbocycles. The summed E-state index contributed by atoms with van der Waals surface area (Å²) in [5, 5.41) is 0. The van der Waals surface area contributed by atoms with Crippen LogP contribution >= 0.6 is 0 Å². The van der Waals surface area contributed by atoms with Gasteiger partial charge in [-0.2, -0.15) is 0 Å². The van der Waals surface area contributed by atoms with Crippen molar-refractivity contribution in [3.63, 3.8) is 0 Å². The largest absolute Gasteiger partial charge is 0.0764 e. The van der Waals surface area contributed by atoms with Crippen LogP contribution in [0.2, 0.25) is 0 Å². The molecule has 0 bridgehead atoms. The fourth-order valence-corrected chi connectivity index (χ4v) is 11.9. The Bertz CT molecular complexity index is 2330. The molecule has 0 heteroatoms. The number of hydrogen-bond acceptors (Lipinski definition) is 0. The summed E-state index contributed by atoms with van der Waals surface area (Å²) < 4.78 is 0. The molecule has 0 radical (unpaired) electrons. The van der Waals surface area contributed by atoms with Gasteiger partial charge in [-0.3, -0.25) is 0 Å². The van der Waals surface area contributed by atoms with E-state index in [1.54, 1.807) is 22.3 Å². The zero-order valence-electron chi connectivity index (χ0n) is 31.5. The van der Waals surface area contributed by atoms with Crippen molar-refractivity contribution < 1.29 is 0 Å². The lowest BCUT2D eigenvalue weighted by Crippen LogP contribution is -2.17. The molecule has 7 aliphatic rings. The van der Waals surface area contributed by atoms with E-state index in [2.05, 4.69) is 153 Å². The van der Waals surface area contributed by atoms with E-state index < -0.39 is 0 Å². The van der Waals surface area contributed by atoms with Crippen LogP contribution in [0.25, 0.3) is 66.8 Å². The highest BCUT2D eigenvalue weighted by Crippen LogP contribution is 2.64. The fourth-order valence-electron chi connectivity index (χ4n) is 11.9. The zero-order valence-corrected chi connectivity index (χ0v) is 31.5. The molecule has 52 heavy (non-hydrogen) atoms. The van der Waals surface area contributed by atoms with Gasteiger partial charge in [-0.1, -0.05) is 97.1 Å². The Morgan fingerprint density at radius 2 is 0.538 bits per heavy atom. The van der Waals surface area contributed by atoms with Crippen molar-refractivity contribution in [2.45, 2.75) is 55.4 Å². The van der Waals surface area contributed by atoms with E-state index in [0.29, 0.717) is 23.7 Å². The van der Waals surface area contributed by atoms with Crippen LogP contribution in [0.5, 0.6) is 0 Å². The smallest absolute Gasteiger partial charge is 0.0205 e. The first kappa shape index (κ1) is 30.4. The maximum atomic E-state index is 2.44. The molecule has 0 nitrogen and oxygen atoms in total. The molecular weight excluding hydrogens is 625 g/mol. The summed E-state index contributed by atoms with van der Waals surface area (Å²) in [5.74, 6) is 1.60. The van der Waals surface area contributed by atoms with Crippen LogP contribution < -0.4 is 0 Å². The average Bonchev–Trinajstić information content (AvgIpc) is 3.71. The van der Waals surface area contributed by atoms with Crippen molar-refractivity contribution >= 4 is 22.3 Å². The number of allylic oxidation sites excluding steroid dienone is 16. The third kappa shape index (κ3) is 3.50. The van der Waals surface area contributed by atoms with Gasteiger partial charge in [0.1, 0.15) is 0 Å². The summed E-state index contributed by atoms with van der Waals surface area (Å²) in [6, 6.07) is 18.8. The van der Waals surface area contributed by atoms with Crippen molar-refractivity contribution in [3.05, 3.63) is 164 Å². The molecule has 7 aliphatic carbocycles. The maximum absolute atomic E-state index is 2.44. The van der Waals surface area contributed by atoms with Crippen molar-refractivity contribution in [1.29, 1.82) is 0 Å². The fraction of sp³-hybridized carbons (Fsp3) is 0.231. The minimum atomic E-state index is 0.393. The second-order valence-electron chi connectivity index (χ2n) is 16.5. The Labute approximate surface area is 308 Å². The molecule has 252 valence electrons. The van der Waals surface area contributed by atoms with Crippen molar-refractivity contribution in [2.75, 3.05) is 0 Å². The SMILES string of the molecule is CC1=C2c3c(C)c4c(c(C)c3C3=C(C)C=CC(C=C1)C23)-c1ccccc1-c1c(C)c2c(c(C)c1-c1ccccc1-4)C1=C(C)C=CC3C=CC(C)=C2C13. The van der Waals surface area contributed by atoms with Gasteiger partial charge in [0, 0.05) is 23.7 Å². The molecule has 0 aliphatic heterocycles. The van der Waals surface area contributed by atoms with Crippen molar-refractivity contribution in [1.82, 2.24) is 0 Å². The lowest BCUT2D eigenvalue weighted by Gasteiger charge is -2.31. The molecule has 4 aromatic rings. The Morgan fingerprint density at radius 3 is 0.769 bits per heavy atom. The van der Waals surface area contributed by atoms with Crippen LogP contribution in [0.1, 0.15) is 72.2 Å². The minimum absolute atomic E-state index is 0.393. The van der Waals surface area contributed by atoms with E-state index in [9.17, 15) is 0 Å². The molecule has 0 N–H and O–H groups in total. The summed E-state index contributed by atoms with van der Waals surface area (Å²) in [4.78, 5) is 0. The highest BCUT2D eigenvalue weighted by molar-refractivity contribution is 6.14. The van der Waals surface area contributed by atoms with Gasteiger partial charge in [0.15, 0.2) is 0 Å². The topological polar surface area (TPSA) is 0 Å². The molecule has 0 spiro atoms. The van der Waals surface area contributed by atoms with E-state index in [1.807, 2.05) is 0 Å². The van der Waals surface area contributed by atoms with Gasteiger partial charge in [0.25, 0.3) is 0 Å². The van der Waals surface area contributed by atoms with Crippen LogP contribution in [0, 0.1) is 51.4 Å². The van der Waals surface area contributed by atoms with Crippen LogP contribution in [0.4, 0.5) is 0 Å². The summed E-state index contributed by atoms with van der Waals surface area (Å²) in [7, 11) is 0. The Kier molecular flexibility index (Phi) is 5.99. The van der Waals surface area contributed by atoms with Gasteiger partial charge >= 0.3 is 0 Å². The van der Waals surface area contributed by atoms with Gasteiger partial charge in [-0.05, 0) is 189 Å². The molecule has 0 aromatic heterocycles. The normalized spacial score (nSPS) is 23.5. The predicted octanol–water partition coefficient (Wildman–Crippen LogP) is 13.8. The molecule has 0 saturated heterocycles. The highest BCUT2D eigenvalue weighted by Gasteiger charge is 2.46. The summed E-state index contributed by atoms with van der Waals surface area (Å²) in [5.41, 5.74) is 34.6. The Hall–Kier alpha value is -5.20. The van der Waals surface area contributed by atoms with Crippen molar-refractivity contribution in [2.24, 2.45) is 23.7 Å². The first-order valence-corrected chi connectivity index (χ1v) is 19.3. The molecule has 0 amide bonds. The van der Waals surface area contributed by atoms with Crippen LogP contribution in [0.3, 0.4) is 0 Å². The Morgan fingerprint density at radius 1 is 0.308 bits per heavy atom. The second kappa shape index (κ2) is 10.2. The zero-order chi connectivity index (χ0) is 35.5. The minimum Gasteiger partial charge on any atom is -0.0764 e. The van der Waals surface area contributed by atoms with Gasteiger partial charge in [-0.15, -0.1) is 0 Å². The molecular formula is C52H44. The molecule has 11 rings (SSSR count). The average molecular weight is 669 g/mol. The number of hydrogen-bond donors (Lipinski definition) is 0. The van der Waals surface area contributed by atoms with Crippen LogP contribution in [-0.4, -0.2) is 0 Å². The standard InChI is InChI=1S/C52H44/c1-25-17-21-33-22-18-26(2)40-48-30(6)44-37-15-11-12-16-38(37)46-32(8)50-42-28(4)20-24-34-23-19-27(3)41(52(34)42)49(50)31(7)45(46)36-14-10-9-13-35(36)43(44)29(5)47(48)39(25)51(33)40/h9-24,33-34,51-52H,1-8H3. The van der Waals surface area contributed by atoms with E-state index in [0.717, 1.165) is 0 Å². The second-order valence-corrected chi connectivity index (χ2v) is 16.5. The number of rotatable bonds is 0. The lowest BCUT2D eigenvalue weighted by atomic mass is 9.72.